The maximum absolute atomic E-state index is 12.5. The number of hydrogen-bond donors (Lipinski definition) is 1. The lowest BCUT2D eigenvalue weighted by atomic mass is 10.3. The molecule has 8 heteroatoms. The largest absolute Gasteiger partial charge is 0.480 e. The van der Waals surface area contributed by atoms with Crippen LogP contribution in [0.2, 0.25) is 0 Å². The van der Waals surface area contributed by atoms with Crippen LogP contribution in [0.25, 0.3) is 0 Å². The third-order valence-electron chi connectivity index (χ3n) is 2.88. The van der Waals surface area contributed by atoms with Gasteiger partial charge in [-0.3, -0.25) is 4.79 Å². The molecule has 0 saturated carbocycles. The van der Waals surface area contributed by atoms with Crippen LogP contribution in [-0.2, 0) is 19.0 Å². The van der Waals surface area contributed by atoms with Gasteiger partial charge in [0.2, 0.25) is 0 Å². The van der Waals surface area contributed by atoms with Gasteiger partial charge in [-0.1, -0.05) is 0 Å². The Kier molecular flexibility index (Phi) is 10.6. The summed E-state index contributed by atoms with van der Waals surface area (Å²) in [6, 6.07) is -0.549. The Morgan fingerprint density at radius 3 is 2.10 bits per heavy atom. The maximum atomic E-state index is 12.5. The summed E-state index contributed by atoms with van der Waals surface area (Å²) in [5.41, 5.74) is 0. The summed E-state index contributed by atoms with van der Waals surface area (Å²) in [7, 11) is 4.60. The number of urea groups is 1. The highest BCUT2D eigenvalue weighted by Crippen LogP contribution is 2.06. The molecule has 0 aromatic carbocycles. The second-order valence-electron chi connectivity index (χ2n) is 4.58. The van der Waals surface area contributed by atoms with Crippen LogP contribution in [0.1, 0.15) is 6.92 Å². The molecular formula is C13H26N2O6. The summed E-state index contributed by atoms with van der Waals surface area (Å²) in [5, 5.41) is 8.93. The van der Waals surface area contributed by atoms with Gasteiger partial charge in [0.15, 0.2) is 0 Å². The molecule has 0 aromatic rings. The molecule has 8 nitrogen and oxygen atoms in total. The molecule has 1 N–H and O–H groups in total. The Hall–Kier alpha value is -1.38. The Morgan fingerprint density at radius 2 is 1.62 bits per heavy atom. The van der Waals surface area contributed by atoms with Crippen molar-refractivity contribution in [3.63, 3.8) is 0 Å². The number of rotatable bonds is 11. The SMILES string of the molecule is COCCN(CC(=O)O)C(=O)N(CCOC)C(C)COC. The van der Waals surface area contributed by atoms with Crippen LogP contribution in [0.3, 0.4) is 0 Å². The molecule has 1 unspecified atom stereocenters. The normalized spacial score (nSPS) is 12.0. The van der Waals surface area contributed by atoms with E-state index in [9.17, 15) is 9.59 Å². The van der Waals surface area contributed by atoms with Crippen LogP contribution in [0.15, 0.2) is 0 Å². The van der Waals surface area contributed by atoms with E-state index >= 15 is 0 Å². The molecule has 0 heterocycles. The van der Waals surface area contributed by atoms with Gasteiger partial charge in [-0.2, -0.15) is 0 Å². The fourth-order valence-corrected chi connectivity index (χ4v) is 1.81. The van der Waals surface area contributed by atoms with Crippen molar-refractivity contribution in [3.05, 3.63) is 0 Å². The molecule has 0 aliphatic heterocycles. The lowest BCUT2D eigenvalue weighted by Gasteiger charge is -2.33. The highest BCUT2D eigenvalue weighted by molar-refractivity contribution is 5.80. The van der Waals surface area contributed by atoms with E-state index in [1.165, 1.54) is 12.0 Å². The second-order valence-corrected chi connectivity index (χ2v) is 4.58. The summed E-state index contributed by atoms with van der Waals surface area (Å²) >= 11 is 0. The summed E-state index contributed by atoms with van der Waals surface area (Å²) in [4.78, 5) is 26.2. The first-order valence-electron chi connectivity index (χ1n) is 6.72. The van der Waals surface area contributed by atoms with Crippen molar-refractivity contribution >= 4 is 12.0 Å². The number of methoxy groups -OCH3 is 3. The molecule has 21 heavy (non-hydrogen) atoms. The topological polar surface area (TPSA) is 88.5 Å². The van der Waals surface area contributed by atoms with Gasteiger partial charge in [-0.15, -0.1) is 0 Å². The predicted molar refractivity (Wildman–Crippen MR) is 76.4 cm³/mol. The minimum atomic E-state index is -1.06. The molecule has 124 valence electrons. The second kappa shape index (κ2) is 11.3. The first kappa shape index (κ1) is 19.6. The van der Waals surface area contributed by atoms with Crippen LogP contribution < -0.4 is 0 Å². The summed E-state index contributed by atoms with van der Waals surface area (Å²) in [6.07, 6.45) is 0. The number of carbonyl (C=O) groups is 2. The van der Waals surface area contributed by atoms with E-state index in [2.05, 4.69) is 0 Å². The summed E-state index contributed by atoms with van der Waals surface area (Å²) in [6.45, 7) is 3.05. The van der Waals surface area contributed by atoms with E-state index in [0.717, 1.165) is 0 Å². The third kappa shape index (κ3) is 7.84. The summed E-state index contributed by atoms with van der Waals surface area (Å²) < 4.78 is 15.0. The van der Waals surface area contributed by atoms with Crippen molar-refractivity contribution < 1.29 is 28.9 Å². The van der Waals surface area contributed by atoms with E-state index in [-0.39, 0.29) is 31.8 Å². The average Bonchev–Trinajstić information content (AvgIpc) is 2.43. The number of hydrogen-bond acceptors (Lipinski definition) is 5. The van der Waals surface area contributed by atoms with Crippen LogP contribution in [-0.4, -0.2) is 93.7 Å². The molecule has 2 amide bonds. The monoisotopic (exact) mass is 306 g/mol. The molecule has 0 rings (SSSR count). The predicted octanol–water partition coefficient (Wildman–Crippen LogP) is 0.123. The van der Waals surface area contributed by atoms with Crippen LogP contribution in [0, 0.1) is 0 Å². The fourth-order valence-electron chi connectivity index (χ4n) is 1.81. The smallest absolute Gasteiger partial charge is 0.323 e. The van der Waals surface area contributed by atoms with Crippen molar-refractivity contribution in [2.24, 2.45) is 0 Å². The highest BCUT2D eigenvalue weighted by Gasteiger charge is 2.26. The molecule has 0 fully saturated rings. The number of carboxylic acids is 1. The average molecular weight is 306 g/mol. The molecular weight excluding hydrogens is 280 g/mol. The fraction of sp³-hybridized carbons (Fsp3) is 0.846. The zero-order chi connectivity index (χ0) is 16.3. The van der Waals surface area contributed by atoms with Gasteiger partial charge in [0.25, 0.3) is 0 Å². The van der Waals surface area contributed by atoms with Crippen LogP contribution in [0.4, 0.5) is 4.79 Å². The molecule has 0 radical (unpaired) electrons. The number of nitrogens with zero attached hydrogens (tertiary/aromatic N) is 2. The van der Waals surface area contributed by atoms with Crippen molar-refractivity contribution in [2.75, 3.05) is 60.8 Å². The Labute approximate surface area is 125 Å². The number of ether oxygens (including phenoxy) is 3. The molecule has 0 aromatic heterocycles. The van der Waals surface area contributed by atoms with Gasteiger partial charge >= 0.3 is 12.0 Å². The van der Waals surface area contributed by atoms with Crippen molar-refractivity contribution in [2.45, 2.75) is 13.0 Å². The van der Waals surface area contributed by atoms with Gasteiger partial charge in [0.1, 0.15) is 6.54 Å². The molecule has 0 saturated heterocycles. The Balaban J connectivity index is 4.92. The van der Waals surface area contributed by atoms with E-state index in [1.54, 1.807) is 19.1 Å². The highest BCUT2D eigenvalue weighted by atomic mass is 16.5. The van der Waals surface area contributed by atoms with Gasteiger partial charge in [-0.05, 0) is 6.92 Å². The van der Waals surface area contributed by atoms with Gasteiger partial charge in [-0.25, -0.2) is 4.79 Å². The lowest BCUT2D eigenvalue weighted by Crippen LogP contribution is -2.51. The van der Waals surface area contributed by atoms with E-state index in [4.69, 9.17) is 19.3 Å². The quantitative estimate of drug-likeness (QED) is 0.583. The molecule has 0 spiro atoms. The summed E-state index contributed by atoms with van der Waals surface area (Å²) in [5.74, 6) is -1.06. The van der Waals surface area contributed by atoms with Crippen LogP contribution >= 0.6 is 0 Å². The number of carboxylic acid groups (broad SMARTS) is 1. The lowest BCUT2D eigenvalue weighted by molar-refractivity contribution is -0.137. The molecule has 0 aliphatic carbocycles. The minimum absolute atomic E-state index is 0.184. The molecule has 0 bridgehead atoms. The molecule has 0 aliphatic rings. The van der Waals surface area contributed by atoms with Crippen molar-refractivity contribution in [1.29, 1.82) is 0 Å². The first-order chi connectivity index (χ1) is 9.97. The van der Waals surface area contributed by atoms with Crippen molar-refractivity contribution in [1.82, 2.24) is 9.80 Å². The van der Waals surface area contributed by atoms with E-state index < -0.39 is 5.97 Å². The van der Waals surface area contributed by atoms with E-state index in [0.29, 0.717) is 19.8 Å². The zero-order valence-electron chi connectivity index (χ0n) is 13.2. The zero-order valence-corrected chi connectivity index (χ0v) is 13.2. The Bertz CT molecular complexity index is 313. The van der Waals surface area contributed by atoms with Crippen LogP contribution in [0.5, 0.6) is 0 Å². The minimum Gasteiger partial charge on any atom is -0.480 e. The maximum Gasteiger partial charge on any atom is 0.323 e. The van der Waals surface area contributed by atoms with Gasteiger partial charge in [0, 0.05) is 34.4 Å². The number of carbonyl (C=O) groups excluding carboxylic acids is 1. The first-order valence-corrected chi connectivity index (χ1v) is 6.72. The molecule has 1 atom stereocenters. The number of amides is 2. The third-order valence-corrected chi connectivity index (χ3v) is 2.88. The van der Waals surface area contributed by atoms with Crippen molar-refractivity contribution in [3.8, 4) is 0 Å². The van der Waals surface area contributed by atoms with Gasteiger partial charge < -0.3 is 29.1 Å². The standard InChI is InChI=1S/C13H26N2O6/c1-11(10-21-4)15(6-8-20-3)13(18)14(5-7-19-2)9-12(16)17/h11H,5-10H2,1-4H3,(H,16,17). The Morgan fingerprint density at radius 1 is 1.05 bits per heavy atom. The van der Waals surface area contributed by atoms with E-state index in [1.807, 2.05) is 6.92 Å². The number of aliphatic carboxylic acids is 1. The van der Waals surface area contributed by atoms with Gasteiger partial charge in [0.05, 0.1) is 25.9 Å².